The van der Waals surface area contributed by atoms with E-state index in [1.807, 2.05) is 0 Å². The second-order valence-corrected chi connectivity index (χ2v) is 13.0. The van der Waals surface area contributed by atoms with Crippen molar-refractivity contribution in [2.75, 3.05) is 40.5 Å². The maximum Gasteiger partial charge on any atom is 0.0934 e. The average Bonchev–Trinajstić information content (AvgIpc) is 3.08. The second kappa shape index (κ2) is 41.0. The van der Waals surface area contributed by atoms with E-state index in [1.54, 1.807) is 0 Å². The molecule has 0 N–H and O–H groups in total. The molecule has 0 aromatic rings. The van der Waals surface area contributed by atoms with E-state index in [4.69, 9.17) is 9.47 Å². The summed E-state index contributed by atoms with van der Waals surface area (Å²) in [6, 6.07) is 0. The number of unbranched alkanes of at least 4 members (excludes halogenated alkanes) is 10. The largest absolute Gasteiger partial charge is 0.379 e. The molecule has 0 fully saturated rings. The minimum atomic E-state index is 0.144. The molecule has 0 rings (SSSR count). The quantitative estimate of drug-likeness (QED) is 0.0497. The summed E-state index contributed by atoms with van der Waals surface area (Å²) in [6.07, 6.45) is 60.0. The van der Waals surface area contributed by atoms with Gasteiger partial charge in [-0.3, -0.25) is 0 Å². The maximum atomic E-state index is 6.19. The normalized spacial score (nSPS) is 13.8. The third-order valence-corrected chi connectivity index (χ3v) is 7.82. The highest BCUT2D eigenvalue weighted by Crippen LogP contribution is 2.06. The number of hydrogen-bond donors (Lipinski definition) is 0. The van der Waals surface area contributed by atoms with Crippen molar-refractivity contribution < 1.29 is 9.47 Å². The molecule has 0 aromatic heterocycles. The van der Waals surface area contributed by atoms with Gasteiger partial charge in [-0.05, 0) is 117 Å². The Bertz CT molecular complexity index is 873. The van der Waals surface area contributed by atoms with E-state index < -0.39 is 0 Å². The van der Waals surface area contributed by atoms with Crippen LogP contribution in [0.5, 0.6) is 0 Å². The number of ether oxygens (including phenoxy) is 2. The molecule has 0 aliphatic heterocycles. The first kappa shape index (κ1) is 45.8. The monoisotopic (exact) mass is 664 g/mol. The van der Waals surface area contributed by atoms with Gasteiger partial charge in [-0.1, -0.05) is 137 Å². The fourth-order valence-electron chi connectivity index (χ4n) is 4.98. The van der Waals surface area contributed by atoms with Crippen molar-refractivity contribution in [2.24, 2.45) is 0 Å². The Labute approximate surface area is 299 Å². The van der Waals surface area contributed by atoms with E-state index in [1.165, 1.54) is 64.2 Å². The Morgan fingerprint density at radius 2 is 0.750 bits per heavy atom. The molecule has 0 aromatic carbocycles. The van der Waals surface area contributed by atoms with Crippen LogP contribution in [0.2, 0.25) is 0 Å². The molecule has 0 bridgehead atoms. The molecule has 0 aliphatic rings. The molecule has 1 atom stereocenters. The molecule has 0 saturated heterocycles. The van der Waals surface area contributed by atoms with Crippen LogP contribution in [0, 0.1) is 0 Å². The van der Waals surface area contributed by atoms with Crippen molar-refractivity contribution in [3.63, 3.8) is 0 Å². The van der Waals surface area contributed by atoms with Crippen LogP contribution in [0.25, 0.3) is 0 Å². The smallest absolute Gasteiger partial charge is 0.0934 e. The van der Waals surface area contributed by atoms with Crippen LogP contribution in [0.1, 0.15) is 142 Å². The minimum absolute atomic E-state index is 0.144. The fourth-order valence-corrected chi connectivity index (χ4v) is 4.98. The van der Waals surface area contributed by atoms with Crippen LogP contribution in [0.15, 0.2) is 97.2 Å². The summed E-state index contributed by atoms with van der Waals surface area (Å²) in [5, 5.41) is 0. The highest BCUT2D eigenvalue weighted by atomic mass is 16.5. The van der Waals surface area contributed by atoms with Crippen molar-refractivity contribution >= 4 is 0 Å². The Morgan fingerprint density at radius 1 is 0.417 bits per heavy atom. The van der Waals surface area contributed by atoms with Gasteiger partial charge in [-0.25, -0.2) is 0 Å². The number of allylic oxidation sites excluding steroid dienone is 16. The van der Waals surface area contributed by atoms with E-state index in [2.05, 4.69) is 130 Å². The van der Waals surface area contributed by atoms with Crippen molar-refractivity contribution in [1.82, 2.24) is 4.90 Å². The van der Waals surface area contributed by atoms with Crippen LogP contribution in [-0.4, -0.2) is 51.5 Å². The molecule has 274 valence electrons. The molecule has 1 unspecified atom stereocenters. The lowest BCUT2D eigenvalue weighted by Crippen LogP contribution is -2.32. The van der Waals surface area contributed by atoms with Gasteiger partial charge in [-0.2, -0.15) is 0 Å². The standard InChI is InChI=1S/C45H77NO2/c1-5-7-9-11-13-15-17-19-21-23-25-27-29-31-33-35-37-39-41-47-44-45(43-46(3)4)48-42-40-38-36-34-32-30-28-26-24-22-20-18-16-14-12-10-8-6-2/h13-16,19-22,25-28,31-34,45H,5-12,17-18,23-24,29-30,35-44H2,1-4H3. The van der Waals surface area contributed by atoms with Crippen LogP contribution in [0.4, 0.5) is 0 Å². The molecule has 0 spiro atoms. The lowest BCUT2D eigenvalue weighted by molar-refractivity contribution is -0.0285. The van der Waals surface area contributed by atoms with Crippen molar-refractivity contribution in [3.8, 4) is 0 Å². The zero-order valence-electron chi connectivity index (χ0n) is 32.0. The van der Waals surface area contributed by atoms with Gasteiger partial charge in [-0.15, -0.1) is 0 Å². The summed E-state index contributed by atoms with van der Waals surface area (Å²) < 4.78 is 12.2. The predicted molar refractivity (Wildman–Crippen MR) is 216 cm³/mol. The predicted octanol–water partition coefficient (Wildman–Crippen LogP) is 13.2. The van der Waals surface area contributed by atoms with Gasteiger partial charge in [0.15, 0.2) is 0 Å². The SMILES string of the molecule is CCCCCC=CCC=CCC=CCC=CCCCCOCC(CN(C)C)OCCCCC=CCC=CCC=CCC=CCCCCC. The topological polar surface area (TPSA) is 21.7 Å². The third-order valence-electron chi connectivity index (χ3n) is 7.82. The van der Waals surface area contributed by atoms with Gasteiger partial charge in [0.2, 0.25) is 0 Å². The van der Waals surface area contributed by atoms with Crippen molar-refractivity contribution in [1.29, 1.82) is 0 Å². The van der Waals surface area contributed by atoms with Crippen LogP contribution < -0.4 is 0 Å². The molecule has 0 heterocycles. The summed E-state index contributed by atoms with van der Waals surface area (Å²) in [5.74, 6) is 0. The second-order valence-electron chi connectivity index (χ2n) is 13.0. The maximum absolute atomic E-state index is 6.19. The van der Waals surface area contributed by atoms with Crippen LogP contribution in [0.3, 0.4) is 0 Å². The van der Waals surface area contributed by atoms with E-state index in [9.17, 15) is 0 Å². The van der Waals surface area contributed by atoms with Crippen LogP contribution in [-0.2, 0) is 9.47 Å². The van der Waals surface area contributed by atoms with Gasteiger partial charge >= 0.3 is 0 Å². The zero-order valence-corrected chi connectivity index (χ0v) is 32.0. The first-order valence-electron chi connectivity index (χ1n) is 19.7. The highest BCUT2D eigenvalue weighted by Gasteiger charge is 2.10. The number of hydrogen-bond acceptors (Lipinski definition) is 3. The Hall–Kier alpha value is -2.20. The average molecular weight is 664 g/mol. The first-order valence-corrected chi connectivity index (χ1v) is 19.7. The summed E-state index contributed by atoms with van der Waals surface area (Å²) in [4.78, 5) is 2.19. The summed E-state index contributed by atoms with van der Waals surface area (Å²) in [6.45, 7) is 7.71. The van der Waals surface area contributed by atoms with Gasteiger partial charge < -0.3 is 14.4 Å². The Kier molecular flexibility index (Phi) is 39.1. The zero-order chi connectivity index (χ0) is 34.9. The molecule has 3 heteroatoms. The molecule has 3 nitrogen and oxygen atoms in total. The van der Waals surface area contributed by atoms with Gasteiger partial charge in [0.05, 0.1) is 12.7 Å². The number of nitrogens with zero attached hydrogens (tertiary/aromatic N) is 1. The highest BCUT2D eigenvalue weighted by molar-refractivity contribution is 5.00. The molecule has 0 aliphatic carbocycles. The molecule has 0 amide bonds. The molecule has 0 radical (unpaired) electrons. The van der Waals surface area contributed by atoms with E-state index >= 15 is 0 Å². The molecule has 0 saturated carbocycles. The lowest BCUT2D eigenvalue weighted by atomic mass is 10.2. The molecular formula is C45H77NO2. The summed E-state index contributed by atoms with van der Waals surface area (Å²) >= 11 is 0. The van der Waals surface area contributed by atoms with Crippen molar-refractivity contribution in [3.05, 3.63) is 97.2 Å². The number of rotatable bonds is 35. The third kappa shape index (κ3) is 40.0. The molecule has 48 heavy (non-hydrogen) atoms. The minimum Gasteiger partial charge on any atom is -0.379 e. The Balaban J connectivity index is 3.75. The fraction of sp³-hybridized carbons (Fsp3) is 0.644. The molecular weight excluding hydrogens is 587 g/mol. The van der Waals surface area contributed by atoms with Crippen LogP contribution >= 0.6 is 0 Å². The van der Waals surface area contributed by atoms with Crippen molar-refractivity contribution in [2.45, 2.75) is 148 Å². The van der Waals surface area contributed by atoms with E-state index in [-0.39, 0.29) is 6.10 Å². The number of likely N-dealkylation sites (N-methyl/N-ethyl adjacent to an activating group) is 1. The lowest BCUT2D eigenvalue weighted by Gasteiger charge is -2.21. The summed E-state index contributed by atoms with van der Waals surface area (Å²) in [5.41, 5.74) is 0. The summed E-state index contributed by atoms with van der Waals surface area (Å²) in [7, 11) is 4.21. The first-order chi connectivity index (χ1) is 23.7. The van der Waals surface area contributed by atoms with E-state index in [0.29, 0.717) is 6.61 Å². The van der Waals surface area contributed by atoms with Gasteiger partial charge in [0.1, 0.15) is 0 Å². The van der Waals surface area contributed by atoms with E-state index in [0.717, 1.165) is 84.0 Å². The Morgan fingerprint density at radius 3 is 1.10 bits per heavy atom. The van der Waals surface area contributed by atoms with Gasteiger partial charge in [0.25, 0.3) is 0 Å². The van der Waals surface area contributed by atoms with Gasteiger partial charge in [0, 0.05) is 19.8 Å².